The van der Waals surface area contributed by atoms with E-state index >= 15 is 0 Å². The van der Waals surface area contributed by atoms with E-state index in [9.17, 15) is 9.18 Å². The summed E-state index contributed by atoms with van der Waals surface area (Å²) in [4.78, 5) is 33.8. The number of hydrogen-bond acceptors (Lipinski definition) is 6. The lowest BCUT2D eigenvalue weighted by molar-refractivity contribution is 0.628. The molecule has 0 fully saturated rings. The summed E-state index contributed by atoms with van der Waals surface area (Å²) in [7, 11) is 0. The number of anilines is 1. The normalized spacial score (nSPS) is 12.3. The van der Waals surface area contributed by atoms with E-state index in [2.05, 4.69) is 25.3 Å². The molecule has 0 spiro atoms. The van der Waals surface area contributed by atoms with Crippen LogP contribution in [0.15, 0.2) is 66.0 Å². The monoisotopic (exact) mass is 415 g/mol. The number of aromatic nitrogens is 6. The van der Waals surface area contributed by atoms with Gasteiger partial charge in [0.2, 0.25) is 0 Å². The fourth-order valence-corrected chi connectivity index (χ4v) is 3.62. The van der Waals surface area contributed by atoms with E-state index in [-0.39, 0.29) is 17.0 Å². The van der Waals surface area contributed by atoms with Crippen molar-refractivity contribution < 1.29 is 4.39 Å². The van der Waals surface area contributed by atoms with Crippen LogP contribution in [0.2, 0.25) is 0 Å². The molecule has 0 aliphatic carbocycles. The number of fused-ring (bicyclic) bond motifs is 2. The highest BCUT2D eigenvalue weighted by atomic mass is 19.1. The van der Waals surface area contributed by atoms with Gasteiger partial charge in [-0.3, -0.25) is 9.36 Å². The lowest BCUT2D eigenvalue weighted by atomic mass is 10.1. The van der Waals surface area contributed by atoms with Gasteiger partial charge in [-0.25, -0.2) is 24.3 Å². The van der Waals surface area contributed by atoms with Gasteiger partial charge in [-0.1, -0.05) is 25.1 Å². The van der Waals surface area contributed by atoms with Crippen LogP contribution in [0.1, 0.15) is 25.2 Å². The van der Waals surface area contributed by atoms with Crippen molar-refractivity contribution in [2.45, 2.75) is 19.4 Å². The lowest BCUT2D eigenvalue weighted by Crippen LogP contribution is -2.28. The maximum absolute atomic E-state index is 13.9. The second-order valence-electron chi connectivity index (χ2n) is 7.04. The first-order valence-corrected chi connectivity index (χ1v) is 9.84. The standard InChI is InChI=1S/C22H18FN7O/c1-2-16(28-20-18-19(25-11-24-18)26-12-27-20)21-29-17-9-8-13(23)10-15(17)22(31)30(21)14-6-4-3-5-7-14/h3-12,16H,2H2,1H3,(H2,24,25,26,27,28)/t16-/m1/s1. The number of halogens is 1. The first-order chi connectivity index (χ1) is 15.2. The second kappa shape index (κ2) is 7.60. The summed E-state index contributed by atoms with van der Waals surface area (Å²) in [6, 6.07) is 12.9. The summed E-state index contributed by atoms with van der Waals surface area (Å²) in [5.41, 5.74) is 1.95. The molecule has 3 heterocycles. The van der Waals surface area contributed by atoms with Crippen LogP contribution in [0.25, 0.3) is 27.8 Å². The molecule has 2 aromatic carbocycles. The number of rotatable bonds is 5. The summed E-state index contributed by atoms with van der Waals surface area (Å²) >= 11 is 0. The van der Waals surface area contributed by atoms with Gasteiger partial charge in [-0.05, 0) is 36.8 Å². The van der Waals surface area contributed by atoms with Crippen molar-refractivity contribution in [3.8, 4) is 5.69 Å². The van der Waals surface area contributed by atoms with Crippen molar-refractivity contribution >= 4 is 27.9 Å². The smallest absolute Gasteiger partial charge is 0.266 e. The molecule has 31 heavy (non-hydrogen) atoms. The number of nitrogens with zero attached hydrogens (tertiary/aromatic N) is 5. The topological polar surface area (TPSA) is 101 Å². The zero-order valence-corrected chi connectivity index (χ0v) is 16.6. The molecular weight excluding hydrogens is 397 g/mol. The van der Waals surface area contributed by atoms with Gasteiger partial charge in [0, 0.05) is 0 Å². The van der Waals surface area contributed by atoms with Crippen LogP contribution in [-0.4, -0.2) is 29.5 Å². The minimum atomic E-state index is -0.480. The van der Waals surface area contributed by atoms with E-state index in [0.29, 0.717) is 40.4 Å². The Bertz CT molecular complexity index is 1450. The predicted molar refractivity (Wildman–Crippen MR) is 116 cm³/mol. The first kappa shape index (κ1) is 18.9. The van der Waals surface area contributed by atoms with Crippen LogP contribution in [-0.2, 0) is 0 Å². The van der Waals surface area contributed by atoms with E-state index in [0.717, 1.165) is 0 Å². The maximum Gasteiger partial charge on any atom is 0.266 e. The Morgan fingerprint density at radius 1 is 1.13 bits per heavy atom. The number of aromatic amines is 1. The minimum Gasteiger partial charge on any atom is -0.358 e. The molecule has 8 nitrogen and oxygen atoms in total. The zero-order valence-electron chi connectivity index (χ0n) is 16.6. The van der Waals surface area contributed by atoms with Gasteiger partial charge in [0.1, 0.15) is 23.5 Å². The Kier molecular flexibility index (Phi) is 4.62. The highest BCUT2D eigenvalue weighted by Gasteiger charge is 2.22. The number of nitrogens with one attached hydrogen (secondary N) is 2. The van der Waals surface area contributed by atoms with Gasteiger partial charge in [0.25, 0.3) is 5.56 Å². The summed E-state index contributed by atoms with van der Waals surface area (Å²) in [5, 5.41) is 3.59. The molecule has 0 aliphatic rings. The third-order valence-corrected chi connectivity index (χ3v) is 5.12. The molecule has 0 aliphatic heterocycles. The van der Waals surface area contributed by atoms with E-state index < -0.39 is 5.82 Å². The number of hydrogen-bond donors (Lipinski definition) is 2. The molecule has 5 rings (SSSR count). The van der Waals surface area contributed by atoms with Gasteiger partial charge in [0.15, 0.2) is 11.5 Å². The molecule has 0 radical (unpaired) electrons. The van der Waals surface area contributed by atoms with Crippen molar-refractivity contribution in [3.05, 3.63) is 83.2 Å². The largest absolute Gasteiger partial charge is 0.358 e. The van der Waals surface area contributed by atoms with Crippen LogP contribution in [0, 0.1) is 5.82 Å². The van der Waals surface area contributed by atoms with Gasteiger partial charge >= 0.3 is 0 Å². The summed E-state index contributed by atoms with van der Waals surface area (Å²) in [5.74, 6) is 0.582. The second-order valence-corrected chi connectivity index (χ2v) is 7.04. The Morgan fingerprint density at radius 3 is 2.77 bits per heavy atom. The summed E-state index contributed by atoms with van der Waals surface area (Å²) < 4.78 is 15.4. The van der Waals surface area contributed by atoms with Gasteiger partial charge in [-0.2, -0.15) is 0 Å². The molecule has 1 atom stereocenters. The van der Waals surface area contributed by atoms with Crippen LogP contribution in [0.5, 0.6) is 0 Å². The molecule has 0 bridgehead atoms. The predicted octanol–water partition coefficient (Wildman–Crippen LogP) is 3.75. The molecule has 9 heteroatoms. The first-order valence-electron chi connectivity index (χ1n) is 9.84. The quantitative estimate of drug-likeness (QED) is 0.453. The fourth-order valence-electron chi connectivity index (χ4n) is 3.62. The summed E-state index contributed by atoms with van der Waals surface area (Å²) in [6.45, 7) is 1.99. The van der Waals surface area contributed by atoms with Gasteiger partial charge in [-0.15, -0.1) is 0 Å². The molecule has 0 saturated carbocycles. The molecule has 5 aromatic rings. The molecule has 154 valence electrons. The molecule has 0 saturated heterocycles. The van der Waals surface area contributed by atoms with E-state index in [1.165, 1.54) is 29.1 Å². The molecule has 2 N–H and O–H groups in total. The Balaban J connectivity index is 1.72. The average molecular weight is 415 g/mol. The van der Waals surface area contributed by atoms with Crippen molar-refractivity contribution in [1.29, 1.82) is 0 Å². The third-order valence-electron chi connectivity index (χ3n) is 5.12. The van der Waals surface area contributed by atoms with E-state index in [4.69, 9.17) is 4.98 Å². The Hall–Kier alpha value is -4.14. The van der Waals surface area contributed by atoms with Crippen LogP contribution in [0.3, 0.4) is 0 Å². The highest BCUT2D eigenvalue weighted by Crippen LogP contribution is 2.26. The van der Waals surface area contributed by atoms with Crippen molar-refractivity contribution in [2.75, 3.05) is 5.32 Å². The van der Waals surface area contributed by atoms with Crippen molar-refractivity contribution in [1.82, 2.24) is 29.5 Å². The SMILES string of the molecule is CC[C@@H](Nc1ncnc2nc[nH]c12)c1nc2ccc(F)cc2c(=O)n1-c1ccccc1. The number of benzene rings is 2. The molecule has 0 amide bonds. The van der Waals surface area contributed by atoms with Crippen LogP contribution in [0.4, 0.5) is 10.2 Å². The van der Waals surface area contributed by atoms with E-state index in [1.807, 2.05) is 37.3 Å². The van der Waals surface area contributed by atoms with Crippen LogP contribution < -0.4 is 10.9 Å². The zero-order chi connectivity index (χ0) is 21.4. The van der Waals surface area contributed by atoms with Crippen LogP contribution >= 0.6 is 0 Å². The summed E-state index contributed by atoms with van der Waals surface area (Å²) in [6.07, 6.45) is 3.60. The Labute approximate surface area is 175 Å². The molecule has 3 aromatic heterocycles. The molecular formula is C22H18FN7O. The number of H-pyrrole nitrogens is 1. The third kappa shape index (κ3) is 3.29. The molecule has 0 unspecified atom stereocenters. The van der Waals surface area contributed by atoms with Crippen molar-refractivity contribution in [2.24, 2.45) is 0 Å². The van der Waals surface area contributed by atoms with Crippen molar-refractivity contribution in [3.63, 3.8) is 0 Å². The van der Waals surface area contributed by atoms with E-state index in [1.54, 1.807) is 6.33 Å². The van der Waals surface area contributed by atoms with Gasteiger partial charge < -0.3 is 10.3 Å². The number of para-hydroxylation sites is 1. The minimum absolute atomic E-state index is 0.223. The highest BCUT2D eigenvalue weighted by molar-refractivity contribution is 5.82. The average Bonchev–Trinajstić information content (AvgIpc) is 3.28. The maximum atomic E-state index is 13.9. The fraction of sp³-hybridized carbons (Fsp3) is 0.136. The Morgan fingerprint density at radius 2 is 1.97 bits per heavy atom. The van der Waals surface area contributed by atoms with Gasteiger partial charge in [0.05, 0.1) is 29.0 Å². The lowest BCUT2D eigenvalue weighted by Gasteiger charge is -2.22. The number of imidazole rings is 1.